The molecule has 0 bridgehead atoms. The molecule has 0 radical (unpaired) electrons. The fraction of sp³-hybridized carbons (Fsp3) is 0.538. The lowest BCUT2D eigenvalue weighted by molar-refractivity contribution is -0.206. The first-order valence-corrected chi connectivity index (χ1v) is 12.0. The van der Waals surface area contributed by atoms with Crippen LogP contribution in [0.5, 0.6) is 5.75 Å². The van der Waals surface area contributed by atoms with E-state index in [1.807, 2.05) is 45.2 Å². The van der Waals surface area contributed by atoms with Crippen molar-refractivity contribution >= 4 is 17.3 Å². The van der Waals surface area contributed by atoms with Crippen LogP contribution in [-0.4, -0.2) is 61.4 Å². The Kier molecular flexibility index (Phi) is 7.38. The Morgan fingerprint density at radius 3 is 2.09 bits per heavy atom. The average Bonchev–Trinajstić information content (AvgIpc) is 2.83. The van der Waals surface area contributed by atoms with Gasteiger partial charge in [-0.2, -0.15) is 0 Å². The van der Waals surface area contributed by atoms with Crippen molar-refractivity contribution in [2.75, 3.05) is 49.1 Å². The van der Waals surface area contributed by atoms with Crippen molar-refractivity contribution in [3.8, 4) is 5.75 Å². The number of piperazine rings is 1. The third kappa shape index (κ3) is 6.16. The number of ether oxygens (including phenoxy) is 1. The van der Waals surface area contributed by atoms with Crippen LogP contribution in [0.1, 0.15) is 40.0 Å². The van der Waals surface area contributed by atoms with E-state index in [4.69, 9.17) is 9.57 Å². The van der Waals surface area contributed by atoms with Gasteiger partial charge in [-0.05, 0) is 49.2 Å². The molecule has 33 heavy (non-hydrogen) atoms. The Morgan fingerprint density at radius 1 is 0.879 bits per heavy atom. The van der Waals surface area contributed by atoms with Gasteiger partial charge in [0.25, 0.3) is 0 Å². The summed E-state index contributed by atoms with van der Waals surface area (Å²) in [6.45, 7) is 11.4. The van der Waals surface area contributed by atoms with E-state index >= 15 is 0 Å². The SMILES string of the molecule is CC(C)(C)C(Oc1ccc(N2CCN(c3cccnc3)CC2)cc1)C(=O)ON1CCCCC1. The number of anilines is 2. The molecule has 3 heterocycles. The molecule has 0 spiro atoms. The minimum atomic E-state index is -0.673. The van der Waals surface area contributed by atoms with E-state index in [1.54, 1.807) is 11.3 Å². The van der Waals surface area contributed by atoms with Gasteiger partial charge in [-0.1, -0.05) is 27.2 Å². The highest BCUT2D eigenvalue weighted by molar-refractivity contribution is 5.76. The van der Waals surface area contributed by atoms with Gasteiger partial charge in [0.1, 0.15) is 5.75 Å². The van der Waals surface area contributed by atoms with Crippen molar-refractivity contribution < 1.29 is 14.4 Å². The summed E-state index contributed by atoms with van der Waals surface area (Å²) in [7, 11) is 0. The molecule has 0 aliphatic carbocycles. The number of hydrogen-bond acceptors (Lipinski definition) is 7. The number of rotatable bonds is 6. The van der Waals surface area contributed by atoms with Gasteiger partial charge in [-0.25, -0.2) is 4.79 Å². The zero-order valence-electron chi connectivity index (χ0n) is 20.1. The normalized spacial score (nSPS) is 18.6. The summed E-state index contributed by atoms with van der Waals surface area (Å²) in [5, 5.41) is 1.78. The highest BCUT2D eigenvalue weighted by atomic mass is 16.7. The minimum absolute atomic E-state index is 0.319. The van der Waals surface area contributed by atoms with Crippen molar-refractivity contribution in [1.82, 2.24) is 10.0 Å². The van der Waals surface area contributed by atoms with Crippen LogP contribution in [0.25, 0.3) is 0 Å². The quantitative estimate of drug-likeness (QED) is 0.653. The molecular weight excluding hydrogens is 416 g/mol. The van der Waals surface area contributed by atoms with Crippen LogP contribution < -0.4 is 14.5 Å². The maximum Gasteiger partial charge on any atom is 0.366 e. The Hall–Kier alpha value is -2.80. The highest BCUT2D eigenvalue weighted by Gasteiger charge is 2.36. The van der Waals surface area contributed by atoms with Gasteiger partial charge in [0.2, 0.25) is 6.10 Å². The summed E-state index contributed by atoms with van der Waals surface area (Å²) in [5.41, 5.74) is 1.95. The molecule has 2 saturated heterocycles. The lowest BCUT2D eigenvalue weighted by atomic mass is 9.89. The van der Waals surface area contributed by atoms with Crippen molar-refractivity contribution in [1.29, 1.82) is 0 Å². The summed E-state index contributed by atoms with van der Waals surface area (Å²) in [6.07, 6.45) is 6.37. The molecule has 2 fully saturated rings. The second kappa shape index (κ2) is 10.4. The molecular formula is C26H36N4O3. The van der Waals surface area contributed by atoms with Gasteiger partial charge in [0.05, 0.1) is 11.9 Å². The molecule has 1 aromatic heterocycles. The predicted molar refractivity (Wildman–Crippen MR) is 130 cm³/mol. The van der Waals surface area contributed by atoms with E-state index in [2.05, 4.69) is 33.0 Å². The number of nitrogens with zero attached hydrogens (tertiary/aromatic N) is 4. The van der Waals surface area contributed by atoms with E-state index in [0.717, 1.165) is 57.8 Å². The van der Waals surface area contributed by atoms with E-state index in [9.17, 15) is 4.79 Å². The summed E-state index contributed by atoms with van der Waals surface area (Å²) >= 11 is 0. The van der Waals surface area contributed by atoms with E-state index in [-0.39, 0.29) is 11.4 Å². The number of hydroxylamine groups is 2. The Labute approximate surface area is 197 Å². The maximum absolute atomic E-state index is 12.9. The molecule has 7 heteroatoms. The minimum Gasteiger partial charge on any atom is -0.478 e. The summed E-state index contributed by atoms with van der Waals surface area (Å²) in [5.74, 6) is 0.364. The zero-order chi connectivity index (χ0) is 23.3. The third-order valence-electron chi connectivity index (χ3n) is 6.28. The van der Waals surface area contributed by atoms with Crippen LogP contribution in [-0.2, 0) is 9.63 Å². The first-order chi connectivity index (χ1) is 15.9. The van der Waals surface area contributed by atoms with Crippen molar-refractivity contribution in [2.45, 2.75) is 46.1 Å². The van der Waals surface area contributed by atoms with Crippen LogP contribution in [0, 0.1) is 5.41 Å². The molecule has 7 nitrogen and oxygen atoms in total. The predicted octanol–water partition coefficient (Wildman–Crippen LogP) is 4.15. The Balaban J connectivity index is 1.35. The number of pyridine rings is 1. The van der Waals surface area contributed by atoms with Crippen LogP contribution in [0.3, 0.4) is 0 Å². The van der Waals surface area contributed by atoms with Gasteiger partial charge in [0, 0.05) is 56.6 Å². The van der Waals surface area contributed by atoms with E-state index < -0.39 is 6.10 Å². The lowest BCUT2D eigenvalue weighted by Gasteiger charge is -2.37. The third-order valence-corrected chi connectivity index (χ3v) is 6.28. The topological polar surface area (TPSA) is 58.1 Å². The largest absolute Gasteiger partial charge is 0.478 e. The molecule has 1 unspecified atom stereocenters. The Bertz CT molecular complexity index is 884. The van der Waals surface area contributed by atoms with Gasteiger partial charge in [-0.15, -0.1) is 5.06 Å². The molecule has 2 aliphatic heterocycles. The number of piperidine rings is 1. The molecule has 2 aliphatic rings. The summed E-state index contributed by atoms with van der Waals surface area (Å²) in [6, 6.07) is 12.1. The molecule has 2 aromatic rings. The number of carbonyl (C=O) groups is 1. The molecule has 1 atom stereocenters. The second-order valence-electron chi connectivity index (χ2n) is 9.94. The van der Waals surface area contributed by atoms with Crippen molar-refractivity contribution in [2.24, 2.45) is 5.41 Å². The van der Waals surface area contributed by atoms with Crippen molar-refractivity contribution in [3.05, 3.63) is 48.8 Å². The maximum atomic E-state index is 12.9. The Morgan fingerprint density at radius 2 is 1.52 bits per heavy atom. The van der Waals surface area contributed by atoms with Gasteiger partial charge >= 0.3 is 5.97 Å². The molecule has 0 amide bonds. The van der Waals surface area contributed by atoms with Gasteiger partial charge in [-0.3, -0.25) is 4.98 Å². The van der Waals surface area contributed by atoms with Gasteiger partial charge < -0.3 is 19.4 Å². The molecule has 1 aromatic carbocycles. The van der Waals surface area contributed by atoms with E-state index in [0.29, 0.717) is 5.75 Å². The average molecular weight is 453 g/mol. The number of aromatic nitrogens is 1. The first kappa shape index (κ1) is 23.4. The first-order valence-electron chi connectivity index (χ1n) is 12.0. The van der Waals surface area contributed by atoms with Crippen molar-refractivity contribution in [3.63, 3.8) is 0 Å². The zero-order valence-corrected chi connectivity index (χ0v) is 20.1. The lowest BCUT2D eigenvalue weighted by Crippen LogP contribution is -2.46. The van der Waals surface area contributed by atoms with E-state index in [1.165, 1.54) is 12.1 Å². The second-order valence-corrected chi connectivity index (χ2v) is 9.94. The fourth-order valence-corrected chi connectivity index (χ4v) is 4.34. The number of hydrogen-bond donors (Lipinski definition) is 0. The summed E-state index contributed by atoms with van der Waals surface area (Å²) < 4.78 is 6.16. The van der Waals surface area contributed by atoms with Crippen LogP contribution in [0.4, 0.5) is 11.4 Å². The molecule has 178 valence electrons. The molecule has 4 rings (SSSR count). The number of carbonyl (C=O) groups excluding carboxylic acids is 1. The number of benzene rings is 1. The fourth-order valence-electron chi connectivity index (χ4n) is 4.34. The smallest absolute Gasteiger partial charge is 0.366 e. The van der Waals surface area contributed by atoms with Gasteiger partial charge in [0.15, 0.2) is 0 Å². The van der Waals surface area contributed by atoms with Crippen LogP contribution in [0.15, 0.2) is 48.8 Å². The summed E-state index contributed by atoms with van der Waals surface area (Å²) in [4.78, 5) is 27.6. The van der Waals surface area contributed by atoms with Crippen LogP contribution in [0.2, 0.25) is 0 Å². The molecule has 0 N–H and O–H groups in total. The monoisotopic (exact) mass is 452 g/mol. The standard InChI is InChI=1S/C26H36N4O3/c1-26(2,3)24(25(31)33-30-14-5-4-6-15-30)32-23-11-9-21(10-12-23)28-16-18-29(19-17-28)22-8-7-13-27-20-22/h7-13,20,24H,4-6,14-19H2,1-3H3. The highest BCUT2D eigenvalue weighted by Crippen LogP contribution is 2.28. The van der Waals surface area contributed by atoms with Crippen LogP contribution >= 0.6 is 0 Å². The molecule has 0 saturated carbocycles.